The van der Waals surface area contributed by atoms with E-state index in [9.17, 15) is 18.7 Å². The van der Waals surface area contributed by atoms with E-state index in [0.29, 0.717) is 22.0 Å². The third kappa shape index (κ3) is 3.73. The number of carboxylic acid groups (broad SMARTS) is 1. The maximum atomic E-state index is 14.4. The van der Waals surface area contributed by atoms with Crippen molar-refractivity contribution in [1.29, 1.82) is 0 Å². The molecule has 0 aliphatic rings. The van der Waals surface area contributed by atoms with Crippen LogP contribution in [0.15, 0.2) is 60.8 Å². The zero-order valence-electron chi connectivity index (χ0n) is 17.5. The number of benzene rings is 2. The standard InChI is InChI=1S/C25H20F2N2O3/c1-3-5-15-7-10-21-19(12-15)22(18-6-4-11-28-24(18)32-2)23(25(30)31)29(21)14-16-13-17(26)8-9-20(16)27/h3-13H,14H2,1-2H3,(H,30,31)/b5-3-. The van der Waals surface area contributed by atoms with Gasteiger partial charge >= 0.3 is 5.97 Å². The number of hydrogen-bond acceptors (Lipinski definition) is 3. The van der Waals surface area contributed by atoms with Gasteiger partial charge in [-0.25, -0.2) is 18.6 Å². The number of aromatic nitrogens is 2. The minimum atomic E-state index is -1.20. The van der Waals surface area contributed by atoms with E-state index in [-0.39, 0.29) is 23.7 Å². The first-order valence-corrected chi connectivity index (χ1v) is 9.90. The van der Waals surface area contributed by atoms with Gasteiger partial charge in [-0.3, -0.25) is 0 Å². The number of pyridine rings is 1. The Kier molecular flexibility index (Phi) is 5.73. The first-order valence-electron chi connectivity index (χ1n) is 9.90. The summed E-state index contributed by atoms with van der Waals surface area (Å²) >= 11 is 0. The maximum absolute atomic E-state index is 14.4. The highest BCUT2D eigenvalue weighted by atomic mass is 19.1. The first-order chi connectivity index (χ1) is 15.4. The van der Waals surface area contributed by atoms with E-state index < -0.39 is 17.6 Å². The van der Waals surface area contributed by atoms with Crippen molar-refractivity contribution < 1.29 is 23.4 Å². The number of halogens is 2. The SMILES string of the molecule is C/C=C\c1ccc2c(c1)c(-c1cccnc1OC)c(C(=O)O)n2Cc1cc(F)ccc1F. The number of fused-ring (bicyclic) bond motifs is 1. The van der Waals surface area contributed by atoms with Crippen LogP contribution in [0, 0.1) is 11.6 Å². The van der Waals surface area contributed by atoms with Crippen molar-refractivity contribution >= 4 is 22.9 Å². The minimum absolute atomic E-state index is 0.0478. The zero-order chi connectivity index (χ0) is 22.8. The number of hydrogen-bond donors (Lipinski definition) is 1. The summed E-state index contributed by atoms with van der Waals surface area (Å²) in [5.41, 5.74) is 2.32. The zero-order valence-corrected chi connectivity index (χ0v) is 17.5. The summed E-state index contributed by atoms with van der Waals surface area (Å²) in [4.78, 5) is 16.7. The number of methoxy groups -OCH3 is 1. The van der Waals surface area contributed by atoms with Crippen LogP contribution in [0.1, 0.15) is 28.5 Å². The molecule has 0 radical (unpaired) electrons. The van der Waals surface area contributed by atoms with Gasteiger partial charge in [0.1, 0.15) is 17.3 Å². The molecule has 2 aromatic heterocycles. The lowest BCUT2D eigenvalue weighted by atomic mass is 10.0. The van der Waals surface area contributed by atoms with Crippen LogP contribution in [0.5, 0.6) is 5.88 Å². The van der Waals surface area contributed by atoms with Crippen LogP contribution >= 0.6 is 0 Å². The average Bonchev–Trinajstić information content (AvgIpc) is 3.10. The predicted molar refractivity (Wildman–Crippen MR) is 119 cm³/mol. The third-order valence-corrected chi connectivity index (χ3v) is 5.22. The quantitative estimate of drug-likeness (QED) is 0.418. The van der Waals surface area contributed by atoms with E-state index in [1.165, 1.54) is 11.7 Å². The number of rotatable bonds is 6. The van der Waals surface area contributed by atoms with Gasteiger partial charge in [-0.2, -0.15) is 0 Å². The first kappa shape index (κ1) is 21.2. The highest BCUT2D eigenvalue weighted by Crippen LogP contribution is 2.40. The summed E-state index contributed by atoms with van der Waals surface area (Å²) in [6, 6.07) is 12.0. The maximum Gasteiger partial charge on any atom is 0.353 e. The van der Waals surface area contributed by atoms with Gasteiger partial charge in [0, 0.05) is 33.8 Å². The Hall–Kier alpha value is -4.00. The lowest BCUT2D eigenvalue weighted by Crippen LogP contribution is -2.12. The number of carboxylic acids is 1. The molecule has 4 rings (SSSR count). The molecule has 2 aromatic carbocycles. The number of aromatic carboxylic acids is 1. The van der Waals surface area contributed by atoms with E-state index in [2.05, 4.69) is 4.98 Å². The second-order valence-corrected chi connectivity index (χ2v) is 7.19. The summed E-state index contributed by atoms with van der Waals surface area (Å²) in [6.07, 6.45) is 5.33. The molecule has 0 unspecified atom stereocenters. The van der Waals surface area contributed by atoms with Crippen molar-refractivity contribution in [2.75, 3.05) is 7.11 Å². The number of nitrogens with zero attached hydrogens (tertiary/aromatic N) is 2. The molecular weight excluding hydrogens is 414 g/mol. The summed E-state index contributed by atoms with van der Waals surface area (Å²) in [5, 5.41) is 10.8. The molecule has 2 heterocycles. The smallest absolute Gasteiger partial charge is 0.353 e. The molecular formula is C25H20F2N2O3. The Bertz CT molecular complexity index is 1360. The molecule has 0 atom stereocenters. The number of ether oxygens (including phenoxy) is 1. The molecule has 0 saturated heterocycles. The summed E-state index contributed by atoms with van der Waals surface area (Å²) < 4.78 is 35.1. The Morgan fingerprint density at radius 1 is 1.19 bits per heavy atom. The number of carbonyl (C=O) groups is 1. The fourth-order valence-electron chi connectivity index (χ4n) is 3.91. The normalized spacial score (nSPS) is 11.4. The molecule has 0 amide bonds. The third-order valence-electron chi connectivity index (χ3n) is 5.22. The monoisotopic (exact) mass is 434 g/mol. The second-order valence-electron chi connectivity index (χ2n) is 7.19. The molecule has 32 heavy (non-hydrogen) atoms. The van der Waals surface area contributed by atoms with Crippen molar-refractivity contribution in [3.05, 3.63) is 89.3 Å². The van der Waals surface area contributed by atoms with Gasteiger partial charge < -0.3 is 14.4 Å². The van der Waals surface area contributed by atoms with Gasteiger partial charge in [-0.1, -0.05) is 18.2 Å². The highest BCUT2D eigenvalue weighted by Gasteiger charge is 2.26. The summed E-state index contributed by atoms with van der Waals surface area (Å²) in [6.45, 7) is 1.73. The topological polar surface area (TPSA) is 64.3 Å². The van der Waals surface area contributed by atoms with Crippen LogP contribution in [0.25, 0.3) is 28.1 Å². The lowest BCUT2D eigenvalue weighted by Gasteiger charge is -2.11. The van der Waals surface area contributed by atoms with E-state index >= 15 is 0 Å². The Morgan fingerprint density at radius 3 is 2.72 bits per heavy atom. The second kappa shape index (κ2) is 8.63. The van der Waals surface area contributed by atoms with E-state index in [1.54, 1.807) is 24.4 Å². The van der Waals surface area contributed by atoms with Gasteiger partial charge in [-0.05, 0) is 55.0 Å². The molecule has 162 valence electrons. The highest BCUT2D eigenvalue weighted by molar-refractivity contribution is 6.09. The Balaban J connectivity index is 2.09. The molecule has 0 spiro atoms. The van der Waals surface area contributed by atoms with Crippen molar-refractivity contribution in [1.82, 2.24) is 9.55 Å². The van der Waals surface area contributed by atoms with Crippen molar-refractivity contribution in [2.45, 2.75) is 13.5 Å². The van der Waals surface area contributed by atoms with Crippen LogP contribution in [0.4, 0.5) is 8.78 Å². The number of allylic oxidation sites excluding steroid dienone is 1. The van der Waals surface area contributed by atoms with Gasteiger partial charge in [0.05, 0.1) is 13.7 Å². The van der Waals surface area contributed by atoms with Crippen molar-refractivity contribution in [3.8, 4) is 17.0 Å². The summed E-state index contributed by atoms with van der Waals surface area (Å²) in [5.74, 6) is -2.15. The molecule has 0 bridgehead atoms. The lowest BCUT2D eigenvalue weighted by molar-refractivity contribution is 0.0687. The predicted octanol–water partition coefficient (Wildman–Crippen LogP) is 5.77. The Morgan fingerprint density at radius 2 is 2.00 bits per heavy atom. The van der Waals surface area contributed by atoms with Gasteiger partial charge in [-0.15, -0.1) is 0 Å². The molecule has 0 aliphatic heterocycles. The van der Waals surface area contributed by atoms with Crippen LogP contribution in [-0.2, 0) is 6.54 Å². The fraction of sp³-hybridized carbons (Fsp3) is 0.120. The van der Waals surface area contributed by atoms with Crippen molar-refractivity contribution in [2.24, 2.45) is 0 Å². The van der Waals surface area contributed by atoms with Gasteiger partial charge in [0.15, 0.2) is 0 Å². The van der Waals surface area contributed by atoms with Crippen LogP contribution in [0.2, 0.25) is 0 Å². The van der Waals surface area contributed by atoms with E-state index in [4.69, 9.17) is 4.74 Å². The van der Waals surface area contributed by atoms with E-state index in [1.807, 2.05) is 31.2 Å². The van der Waals surface area contributed by atoms with Gasteiger partial charge in [0.2, 0.25) is 5.88 Å². The van der Waals surface area contributed by atoms with E-state index in [0.717, 1.165) is 23.8 Å². The molecule has 7 heteroatoms. The largest absolute Gasteiger partial charge is 0.481 e. The molecule has 5 nitrogen and oxygen atoms in total. The van der Waals surface area contributed by atoms with Crippen LogP contribution < -0.4 is 4.74 Å². The van der Waals surface area contributed by atoms with Crippen molar-refractivity contribution in [3.63, 3.8) is 0 Å². The van der Waals surface area contributed by atoms with Gasteiger partial charge in [0.25, 0.3) is 0 Å². The summed E-state index contributed by atoms with van der Waals surface area (Å²) in [7, 11) is 1.46. The molecule has 0 aliphatic carbocycles. The average molecular weight is 434 g/mol. The molecule has 1 N–H and O–H groups in total. The molecule has 0 fully saturated rings. The van der Waals surface area contributed by atoms with Crippen LogP contribution in [-0.4, -0.2) is 27.7 Å². The molecule has 4 aromatic rings. The Labute approximate surface area is 183 Å². The minimum Gasteiger partial charge on any atom is -0.481 e. The van der Waals surface area contributed by atoms with Crippen LogP contribution in [0.3, 0.4) is 0 Å². The fourth-order valence-corrected chi connectivity index (χ4v) is 3.91. The molecule has 0 saturated carbocycles.